The van der Waals surface area contributed by atoms with Gasteiger partial charge in [-0.3, -0.25) is 0 Å². The van der Waals surface area contributed by atoms with Crippen LogP contribution in [-0.2, 0) is 0 Å². The predicted octanol–water partition coefficient (Wildman–Crippen LogP) is 0.672. The van der Waals surface area contributed by atoms with Gasteiger partial charge in [0.1, 0.15) is 0 Å². The lowest BCUT2D eigenvalue weighted by molar-refractivity contribution is 0.185. The Morgan fingerprint density at radius 2 is 2.05 bits per heavy atom. The lowest BCUT2D eigenvalue weighted by Crippen LogP contribution is -2.50. The van der Waals surface area contributed by atoms with E-state index in [1.54, 1.807) is 0 Å². The summed E-state index contributed by atoms with van der Waals surface area (Å²) in [6.45, 7) is 9.41. The minimum Gasteiger partial charge on any atom is -0.323 e. The van der Waals surface area contributed by atoms with Gasteiger partial charge >= 0.3 is 6.03 Å². The normalized spacial score (nSPS) is 29.6. The van der Waals surface area contributed by atoms with E-state index in [0.29, 0.717) is 18.0 Å². The lowest BCUT2D eigenvalue weighted by atomic mass is 10.0. The number of urea groups is 1. The lowest BCUT2D eigenvalue weighted by Gasteiger charge is -2.31. The van der Waals surface area contributed by atoms with Gasteiger partial charge in [-0.25, -0.2) is 4.79 Å². The number of rotatable bonds is 4. The summed E-state index contributed by atoms with van der Waals surface area (Å²) in [5.74, 6) is 0.526. The standard InChI is InChI=1S/C14H28N4O/c1-11(2)13-10-18(14(19)17(13)4)7-5-12-9-16(3)8-6-15-12/h11-13,15H,5-10H2,1-4H3. The highest BCUT2D eigenvalue weighted by atomic mass is 16.2. The van der Waals surface area contributed by atoms with Crippen molar-refractivity contribution < 1.29 is 4.79 Å². The van der Waals surface area contributed by atoms with Crippen molar-refractivity contribution in [3.05, 3.63) is 0 Å². The van der Waals surface area contributed by atoms with Crippen LogP contribution in [-0.4, -0.2) is 79.6 Å². The van der Waals surface area contributed by atoms with Crippen molar-refractivity contribution in [3.63, 3.8) is 0 Å². The first-order valence-corrected chi connectivity index (χ1v) is 7.42. The summed E-state index contributed by atoms with van der Waals surface area (Å²) in [5.41, 5.74) is 0. The molecule has 2 heterocycles. The minimum absolute atomic E-state index is 0.197. The van der Waals surface area contributed by atoms with E-state index >= 15 is 0 Å². The fourth-order valence-corrected chi connectivity index (χ4v) is 3.13. The molecule has 5 heteroatoms. The molecule has 1 N–H and O–H groups in total. The van der Waals surface area contributed by atoms with Gasteiger partial charge in [-0.15, -0.1) is 0 Å². The molecule has 2 unspecified atom stereocenters. The van der Waals surface area contributed by atoms with Crippen molar-refractivity contribution >= 4 is 6.03 Å². The second-order valence-corrected chi connectivity index (χ2v) is 6.35. The third-order valence-electron chi connectivity index (χ3n) is 4.45. The van der Waals surface area contributed by atoms with Gasteiger partial charge in [0.25, 0.3) is 0 Å². The third kappa shape index (κ3) is 3.39. The molecule has 0 aliphatic carbocycles. The Labute approximate surface area is 116 Å². The molecule has 2 rings (SSSR count). The molecule has 0 radical (unpaired) electrons. The Hall–Kier alpha value is -0.810. The first-order chi connectivity index (χ1) is 8.99. The second kappa shape index (κ2) is 6.09. The van der Waals surface area contributed by atoms with Crippen LogP contribution >= 0.6 is 0 Å². The molecular formula is C14H28N4O. The Morgan fingerprint density at radius 3 is 2.63 bits per heavy atom. The molecule has 2 atom stereocenters. The molecule has 2 aliphatic heterocycles. The zero-order valence-corrected chi connectivity index (χ0v) is 12.7. The van der Waals surface area contributed by atoms with Crippen LogP contribution in [0.4, 0.5) is 4.79 Å². The van der Waals surface area contributed by atoms with Crippen LogP contribution in [0.1, 0.15) is 20.3 Å². The van der Waals surface area contributed by atoms with Gasteiger partial charge in [-0.2, -0.15) is 0 Å². The van der Waals surface area contributed by atoms with E-state index in [1.807, 2.05) is 16.8 Å². The monoisotopic (exact) mass is 268 g/mol. The van der Waals surface area contributed by atoms with Crippen LogP contribution in [0.3, 0.4) is 0 Å². The fourth-order valence-electron chi connectivity index (χ4n) is 3.13. The average molecular weight is 268 g/mol. The van der Waals surface area contributed by atoms with E-state index in [9.17, 15) is 4.79 Å². The van der Waals surface area contributed by atoms with E-state index in [1.165, 1.54) is 0 Å². The first-order valence-electron chi connectivity index (χ1n) is 7.42. The second-order valence-electron chi connectivity index (χ2n) is 6.35. The van der Waals surface area contributed by atoms with Crippen LogP contribution < -0.4 is 5.32 Å². The number of hydrogen-bond donors (Lipinski definition) is 1. The van der Waals surface area contributed by atoms with Crippen molar-refractivity contribution in [3.8, 4) is 0 Å². The van der Waals surface area contributed by atoms with Gasteiger partial charge in [-0.1, -0.05) is 13.8 Å². The van der Waals surface area contributed by atoms with Crippen molar-refractivity contribution in [2.45, 2.75) is 32.4 Å². The molecule has 2 saturated heterocycles. The summed E-state index contributed by atoms with van der Waals surface area (Å²) in [6.07, 6.45) is 1.05. The topological polar surface area (TPSA) is 38.8 Å². The zero-order valence-electron chi connectivity index (χ0n) is 12.7. The molecule has 0 saturated carbocycles. The van der Waals surface area contributed by atoms with Gasteiger partial charge < -0.3 is 20.0 Å². The van der Waals surface area contributed by atoms with E-state index < -0.39 is 0 Å². The fraction of sp³-hybridized carbons (Fsp3) is 0.929. The maximum atomic E-state index is 12.2. The van der Waals surface area contributed by atoms with Crippen molar-refractivity contribution in [2.75, 3.05) is 46.8 Å². The van der Waals surface area contributed by atoms with Crippen molar-refractivity contribution in [2.24, 2.45) is 5.92 Å². The molecule has 19 heavy (non-hydrogen) atoms. The molecule has 0 bridgehead atoms. The van der Waals surface area contributed by atoms with Crippen LogP contribution in [0, 0.1) is 5.92 Å². The van der Waals surface area contributed by atoms with Gasteiger partial charge in [0.2, 0.25) is 0 Å². The Balaban J connectivity index is 1.81. The summed E-state index contributed by atoms with van der Waals surface area (Å²) >= 11 is 0. The van der Waals surface area contributed by atoms with Crippen molar-refractivity contribution in [1.82, 2.24) is 20.0 Å². The predicted molar refractivity (Wildman–Crippen MR) is 77.3 cm³/mol. The number of likely N-dealkylation sites (N-methyl/N-ethyl adjacent to an activating group) is 2. The average Bonchev–Trinajstić information content (AvgIpc) is 2.64. The highest BCUT2D eigenvalue weighted by molar-refractivity contribution is 5.76. The number of piperazine rings is 1. The van der Waals surface area contributed by atoms with Crippen molar-refractivity contribution in [1.29, 1.82) is 0 Å². The van der Waals surface area contributed by atoms with E-state index in [-0.39, 0.29) is 6.03 Å². The molecular weight excluding hydrogens is 240 g/mol. The van der Waals surface area contributed by atoms with Crippen LogP contribution in [0.15, 0.2) is 0 Å². The molecule has 5 nitrogen and oxygen atoms in total. The maximum absolute atomic E-state index is 12.2. The molecule has 0 aromatic rings. The van der Waals surface area contributed by atoms with Crippen LogP contribution in [0.2, 0.25) is 0 Å². The summed E-state index contributed by atoms with van der Waals surface area (Å²) in [6, 6.07) is 1.09. The molecule has 2 fully saturated rings. The molecule has 2 aliphatic rings. The number of nitrogens with one attached hydrogen (secondary N) is 1. The summed E-state index contributed by atoms with van der Waals surface area (Å²) in [7, 11) is 4.09. The van der Waals surface area contributed by atoms with Gasteiger partial charge in [0.05, 0.1) is 6.04 Å². The molecule has 110 valence electrons. The first kappa shape index (κ1) is 14.6. The van der Waals surface area contributed by atoms with E-state index in [4.69, 9.17) is 0 Å². The smallest absolute Gasteiger partial charge is 0.320 e. The Kier molecular flexibility index (Phi) is 4.68. The SMILES string of the molecule is CC(C)C1CN(CCC2CN(C)CCN2)C(=O)N1C. The highest BCUT2D eigenvalue weighted by Gasteiger charge is 2.36. The minimum atomic E-state index is 0.197. The van der Waals surface area contributed by atoms with Crippen LogP contribution in [0.25, 0.3) is 0 Å². The van der Waals surface area contributed by atoms with Crippen LogP contribution in [0.5, 0.6) is 0 Å². The Bertz CT molecular complexity index is 321. The van der Waals surface area contributed by atoms with E-state index in [0.717, 1.165) is 39.1 Å². The number of carbonyl (C=O) groups is 1. The summed E-state index contributed by atoms with van der Waals surface area (Å²) in [5, 5.41) is 3.54. The Morgan fingerprint density at radius 1 is 1.32 bits per heavy atom. The number of amides is 2. The maximum Gasteiger partial charge on any atom is 0.320 e. The molecule has 0 aromatic heterocycles. The number of nitrogens with zero attached hydrogens (tertiary/aromatic N) is 3. The molecule has 2 amide bonds. The highest BCUT2D eigenvalue weighted by Crippen LogP contribution is 2.20. The summed E-state index contributed by atoms with van der Waals surface area (Å²) < 4.78 is 0. The third-order valence-corrected chi connectivity index (χ3v) is 4.45. The van der Waals surface area contributed by atoms with Gasteiger partial charge in [0.15, 0.2) is 0 Å². The summed E-state index contributed by atoms with van der Waals surface area (Å²) in [4.78, 5) is 18.5. The quantitative estimate of drug-likeness (QED) is 0.814. The largest absolute Gasteiger partial charge is 0.323 e. The number of hydrogen-bond acceptors (Lipinski definition) is 3. The van der Waals surface area contributed by atoms with Gasteiger partial charge in [0, 0.05) is 45.8 Å². The zero-order chi connectivity index (χ0) is 14.0. The molecule has 0 spiro atoms. The van der Waals surface area contributed by atoms with E-state index in [2.05, 4.69) is 31.1 Å². The molecule has 0 aromatic carbocycles. The van der Waals surface area contributed by atoms with Gasteiger partial charge in [-0.05, 0) is 19.4 Å². The number of carbonyl (C=O) groups excluding carboxylic acids is 1.